The Bertz CT molecular complexity index is 1240. The first-order valence-electron chi connectivity index (χ1n) is 12.7. The van der Waals surface area contributed by atoms with Crippen LogP contribution in [0.2, 0.25) is 0 Å². The first-order chi connectivity index (χ1) is 17.6. The van der Waals surface area contributed by atoms with E-state index in [9.17, 15) is 27.4 Å². The second-order valence-corrected chi connectivity index (χ2v) is 12.1. The van der Waals surface area contributed by atoms with E-state index in [0.717, 1.165) is 49.7 Å². The Morgan fingerprint density at radius 1 is 1.22 bits per heavy atom. The van der Waals surface area contributed by atoms with Gasteiger partial charge in [0.15, 0.2) is 0 Å². The average Bonchev–Trinajstić information content (AvgIpc) is 3.33. The maximum absolute atomic E-state index is 13.7. The molecule has 37 heavy (non-hydrogen) atoms. The van der Waals surface area contributed by atoms with Crippen molar-refractivity contribution < 1.29 is 22.2 Å². The van der Waals surface area contributed by atoms with Gasteiger partial charge in [-0.05, 0) is 51.2 Å². The molecule has 1 aromatic heterocycles. The van der Waals surface area contributed by atoms with Gasteiger partial charge < -0.3 is 10.2 Å². The zero-order valence-electron chi connectivity index (χ0n) is 20.6. The van der Waals surface area contributed by atoms with Gasteiger partial charge in [0.05, 0.1) is 44.3 Å². The molecular weight excluding hydrogens is 503 g/mol. The number of hydrogen-bond acceptors (Lipinski definition) is 5. The Labute approximate surface area is 216 Å². The van der Waals surface area contributed by atoms with Crippen LogP contribution in [0.15, 0.2) is 35.2 Å². The number of amides is 1. The van der Waals surface area contributed by atoms with Crippen molar-refractivity contribution in [3.05, 3.63) is 41.6 Å². The van der Waals surface area contributed by atoms with Gasteiger partial charge in [-0.3, -0.25) is 9.00 Å². The number of nitrogens with zero attached hydrogens (tertiary/aromatic N) is 4. The zero-order valence-corrected chi connectivity index (χ0v) is 21.4. The number of aromatic nitrogens is 2. The molecule has 2 heterocycles. The molecule has 1 N–H and O–H groups in total. The number of anilines is 1. The van der Waals surface area contributed by atoms with E-state index in [4.69, 9.17) is 5.10 Å². The molecule has 3 fully saturated rings. The fourth-order valence-corrected chi connectivity index (χ4v) is 7.16. The van der Waals surface area contributed by atoms with Gasteiger partial charge >= 0.3 is 6.18 Å². The number of halogens is 3. The number of rotatable bonds is 6. The molecule has 2 aliphatic carbocycles. The Balaban J connectivity index is 1.49. The van der Waals surface area contributed by atoms with Crippen molar-refractivity contribution in [1.29, 1.82) is 5.26 Å². The van der Waals surface area contributed by atoms with Gasteiger partial charge in [-0.2, -0.15) is 23.5 Å². The summed E-state index contributed by atoms with van der Waals surface area (Å²) in [6, 6.07) is 8.38. The van der Waals surface area contributed by atoms with Gasteiger partial charge in [-0.25, -0.2) is 4.68 Å². The lowest BCUT2D eigenvalue weighted by Crippen LogP contribution is -2.48. The molecule has 0 bridgehead atoms. The number of nitrogens with one attached hydrogen (secondary N) is 1. The highest BCUT2D eigenvalue weighted by Crippen LogP contribution is 2.40. The fraction of sp³-hybridized carbons (Fsp3) is 0.577. The lowest BCUT2D eigenvalue weighted by Gasteiger charge is -2.30. The second-order valence-electron chi connectivity index (χ2n) is 10.4. The molecule has 0 spiro atoms. The molecule has 198 valence electrons. The number of carbonyl (C=O) groups excluding carboxylic acids is 1. The molecule has 1 aliphatic heterocycles. The van der Waals surface area contributed by atoms with Crippen molar-refractivity contribution in [2.24, 2.45) is 0 Å². The zero-order chi connectivity index (χ0) is 26.4. The minimum atomic E-state index is -4.64. The maximum atomic E-state index is 13.7. The highest BCUT2D eigenvalue weighted by Gasteiger charge is 2.49. The number of benzene rings is 1. The lowest BCUT2D eigenvalue weighted by atomic mass is 9.96. The molecule has 5 rings (SSSR count). The predicted molar refractivity (Wildman–Crippen MR) is 132 cm³/mol. The van der Waals surface area contributed by atoms with Gasteiger partial charge in [0.2, 0.25) is 5.91 Å². The minimum absolute atomic E-state index is 0.112. The Hall–Kier alpha value is -2.87. The van der Waals surface area contributed by atoms with E-state index in [-0.39, 0.29) is 29.8 Å². The van der Waals surface area contributed by atoms with Crippen LogP contribution in [-0.2, 0) is 21.8 Å². The molecule has 3 aliphatic rings. The number of hydrogen-bond donors (Lipinski definition) is 1. The van der Waals surface area contributed by atoms with Gasteiger partial charge in [-0.1, -0.05) is 31.4 Å². The predicted octanol–water partition coefficient (Wildman–Crippen LogP) is 4.64. The summed E-state index contributed by atoms with van der Waals surface area (Å²) in [5.41, 5.74) is -1.03. The van der Waals surface area contributed by atoms with E-state index in [0.29, 0.717) is 12.8 Å². The molecule has 1 saturated heterocycles. The van der Waals surface area contributed by atoms with Crippen LogP contribution in [0, 0.1) is 18.3 Å². The van der Waals surface area contributed by atoms with Crippen LogP contribution in [0.25, 0.3) is 0 Å². The summed E-state index contributed by atoms with van der Waals surface area (Å²) >= 11 is 0. The van der Waals surface area contributed by atoms with Crippen LogP contribution in [0.1, 0.15) is 68.7 Å². The van der Waals surface area contributed by atoms with Gasteiger partial charge in [-0.15, -0.1) is 0 Å². The van der Waals surface area contributed by atoms with Gasteiger partial charge in [0.1, 0.15) is 17.4 Å². The summed E-state index contributed by atoms with van der Waals surface area (Å²) < 4.78 is 56.6. The van der Waals surface area contributed by atoms with E-state index in [1.807, 2.05) is 22.6 Å². The molecule has 7 nitrogen and oxygen atoms in total. The number of carbonyl (C=O) groups is 1. The second kappa shape index (κ2) is 9.78. The van der Waals surface area contributed by atoms with E-state index < -0.39 is 39.4 Å². The third-order valence-electron chi connectivity index (χ3n) is 7.66. The van der Waals surface area contributed by atoms with E-state index in [1.54, 1.807) is 0 Å². The van der Waals surface area contributed by atoms with Crippen molar-refractivity contribution in [1.82, 2.24) is 15.1 Å². The Morgan fingerprint density at radius 2 is 1.92 bits per heavy atom. The fourth-order valence-electron chi connectivity index (χ4n) is 5.53. The lowest BCUT2D eigenvalue weighted by molar-refractivity contribution is -0.139. The highest BCUT2D eigenvalue weighted by molar-refractivity contribution is 7.85. The smallest absolute Gasteiger partial charge is 0.344 e. The summed E-state index contributed by atoms with van der Waals surface area (Å²) in [4.78, 5) is 15.0. The van der Waals surface area contributed by atoms with Crippen LogP contribution >= 0.6 is 0 Å². The molecule has 11 heteroatoms. The molecule has 1 amide bonds. The standard InChI is InChI=1S/C26H30F3N5O2S/c1-17-13-23(34(32-17)18-7-3-2-4-8-18)33-15-19(14-21(33)24(35)31-25(16-30)11-12-25)37(36)22-10-6-5-9-20(22)26(27,28)29/h5-6,9-10,13,18-19,21H,2-4,7-8,11-12,14-15H2,1H3,(H,31,35). The van der Waals surface area contributed by atoms with Crippen molar-refractivity contribution in [3.8, 4) is 6.07 Å². The molecule has 0 radical (unpaired) electrons. The van der Waals surface area contributed by atoms with Crippen LogP contribution < -0.4 is 10.2 Å². The molecular formula is C26H30F3N5O2S. The molecule has 3 unspecified atom stereocenters. The molecule has 2 saturated carbocycles. The summed E-state index contributed by atoms with van der Waals surface area (Å²) in [6.45, 7) is 2.02. The number of alkyl halides is 3. The largest absolute Gasteiger partial charge is 0.417 e. The Morgan fingerprint density at radius 3 is 2.57 bits per heavy atom. The SMILES string of the molecule is Cc1cc(N2CC(S(=O)c3ccccc3C(F)(F)F)CC2C(=O)NC2(C#N)CC2)n(C2CCCCC2)n1. The van der Waals surface area contributed by atoms with Crippen LogP contribution in [0.4, 0.5) is 19.0 Å². The van der Waals surface area contributed by atoms with Crippen LogP contribution in [0.3, 0.4) is 0 Å². The quantitative estimate of drug-likeness (QED) is 0.584. The summed E-state index contributed by atoms with van der Waals surface area (Å²) in [5.74, 6) is 0.353. The molecule has 1 aromatic carbocycles. The topological polar surface area (TPSA) is 91.0 Å². The van der Waals surface area contributed by atoms with E-state index >= 15 is 0 Å². The number of aryl methyl sites for hydroxylation is 1. The first-order valence-corrected chi connectivity index (χ1v) is 14.0. The number of nitriles is 1. The van der Waals surface area contributed by atoms with Gasteiger partial charge in [0.25, 0.3) is 0 Å². The first kappa shape index (κ1) is 25.8. The van der Waals surface area contributed by atoms with Crippen molar-refractivity contribution in [2.75, 3.05) is 11.4 Å². The highest BCUT2D eigenvalue weighted by atomic mass is 32.2. The van der Waals surface area contributed by atoms with Crippen molar-refractivity contribution in [2.45, 2.75) is 92.2 Å². The van der Waals surface area contributed by atoms with E-state index in [2.05, 4.69) is 11.4 Å². The van der Waals surface area contributed by atoms with E-state index in [1.165, 1.54) is 18.2 Å². The monoisotopic (exact) mass is 533 g/mol. The van der Waals surface area contributed by atoms with Crippen LogP contribution in [-0.4, -0.2) is 43.3 Å². The Kier molecular flexibility index (Phi) is 6.81. The summed E-state index contributed by atoms with van der Waals surface area (Å²) in [6.07, 6.45) is 1.86. The van der Waals surface area contributed by atoms with Crippen LogP contribution in [0.5, 0.6) is 0 Å². The summed E-state index contributed by atoms with van der Waals surface area (Å²) in [7, 11) is -2.00. The van der Waals surface area contributed by atoms with Crippen molar-refractivity contribution in [3.63, 3.8) is 0 Å². The van der Waals surface area contributed by atoms with Gasteiger partial charge in [0, 0.05) is 12.6 Å². The normalized spacial score (nSPS) is 24.5. The molecule has 2 aromatic rings. The maximum Gasteiger partial charge on any atom is 0.417 e. The molecule has 3 atom stereocenters. The average molecular weight is 534 g/mol. The van der Waals surface area contributed by atoms with Crippen molar-refractivity contribution >= 4 is 22.5 Å². The third kappa shape index (κ3) is 5.13. The minimum Gasteiger partial charge on any atom is -0.344 e. The summed E-state index contributed by atoms with van der Waals surface area (Å²) in [5, 5.41) is 16.4. The third-order valence-corrected chi connectivity index (χ3v) is 9.39.